The third-order valence-corrected chi connectivity index (χ3v) is 2.07. The van der Waals surface area contributed by atoms with Crippen molar-refractivity contribution in [1.29, 1.82) is 0 Å². The highest BCUT2D eigenvalue weighted by molar-refractivity contribution is 7.86. The normalized spacial score (nSPS) is 11.2. The van der Waals surface area contributed by atoms with E-state index in [0.29, 0.717) is 5.75 Å². The summed E-state index contributed by atoms with van der Waals surface area (Å²) in [5, 5.41) is 0. The monoisotopic (exact) mass is 200 g/mol. The van der Waals surface area contributed by atoms with Crippen molar-refractivity contribution in [3.8, 4) is 5.75 Å². The highest BCUT2D eigenvalue weighted by atomic mass is 32.2. The third-order valence-electron chi connectivity index (χ3n) is 1.58. The van der Waals surface area contributed by atoms with E-state index in [1.807, 2.05) is 19.1 Å². The van der Waals surface area contributed by atoms with Gasteiger partial charge in [-0.2, -0.15) is 8.42 Å². The van der Waals surface area contributed by atoms with Gasteiger partial charge < -0.3 is 4.18 Å². The second-order valence-corrected chi connectivity index (χ2v) is 4.36. The largest absolute Gasteiger partial charge is 0.383 e. The maximum atomic E-state index is 10.7. The van der Waals surface area contributed by atoms with Crippen molar-refractivity contribution in [2.75, 3.05) is 6.26 Å². The fraction of sp³-hybridized carbons (Fsp3) is 0.333. The van der Waals surface area contributed by atoms with Crippen LogP contribution in [0.15, 0.2) is 24.3 Å². The predicted molar refractivity (Wildman–Crippen MR) is 51.3 cm³/mol. The number of hydrogen-bond acceptors (Lipinski definition) is 3. The molecule has 0 fully saturated rings. The van der Waals surface area contributed by atoms with Gasteiger partial charge in [-0.1, -0.05) is 19.1 Å². The van der Waals surface area contributed by atoms with Crippen LogP contribution in [0.1, 0.15) is 12.5 Å². The van der Waals surface area contributed by atoms with E-state index in [0.717, 1.165) is 18.2 Å². The van der Waals surface area contributed by atoms with Crippen LogP contribution >= 0.6 is 0 Å². The molecule has 0 aliphatic heterocycles. The molecule has 0 saturated carbocycles. The standard InChI is InChI=1S/C9H12O3S/c1-3-8-4-6-9(7-5-8)12-13(2,10)11/h4-7H,3H2,1-2H3. The van der Waals surface area contributed by atoms with Gasteiger partial charge >= 0.3 is 10.1 Å². The molecule has 0 bridgehead atoms. The lowest BCUT2D eigenvalue weighted by Gasteiger charge is -2.02. The van der Waals surface area contributed by atoms with E-state index in [2.05, 4.69) is 4.18 Å². The molecule has 0 heterocycles. The smallest absolute Gasteiger partial charge is 0.306 e. The van der Waals surface area contributed by atoms with Gasteiger partial charge in [-0.15, -0.1) is 0 Å². The molecule has 1 aromatic carbocycles. The van der Waals surface area contributed by atoms with Crippen molar-refractivity contribution < 1.29 is 12.6 Å². The molecule has 1 rings (SSSR count). The molecular formula is C9H12O3S. The summed E-state index contributed by atoms with van der Waals surface area (Å²) in [5.74, 6) is 0.361. The lowest BCUT2D eigenvalue weighted by Crippen LogP contribution is -2.05. The Morgan fingerprint density at radius 1 is 1.23 bits per heavy atom. The Kier molecular flexibility index (Phi) is 2.93. The van der Waals surface area contributed by atoms with Crippen LogP contribution in [0.5, 0.6) is 5.75 Å². The molecule has 0 unspecified atom stereocenters. The minimum Gasteiger partial charge on any atom is -0.383 e. The summed E-state index contributed by atoms with van der Waals surface area (Å²) < 4.78 is 26.1. The summed E-state index contributed by atoms with van der Waals surface area (Å²) >= 11 is 0. The van der Waals surface area contributed by atoms with E-state index in [1.54, 1.807) is 12.1 Å². The first kappa shape index (κ1) is 10.1. The van der Waals surface area contributed by atoms with Crippen LogP contribution in [0.25, 0.3) is 0 Å². The van der Waals surface area contributed by atoms with Crippen LogP contribution in [0.2, 0.25) is 0 Å². The van der Waals surface area contributed by atoms with Gasteiger partial charge in [0, 0.05) is 0 Å². The van der Waals surface area contributed by atoms with Gasteiger partial charge in [-0.3, -0.25) is 0 Å². The van der Waals surface area contributed by atoms with Gasteiger partial charge in [0.2, 0.25) is 0 Å². The molecule has 0 aliphatic carbocycles. The van der Waals surface area contributed by atoms with Crippen LogP contribution in [0, 0.1) is 0 Å². The first-order valence-corrected chi connectivity index (χ1v) is 5.81. The van der Waals surface area contributed by atoms with E-state index >= 15 is 0 Å². The van der Waals surface area contributed by atoms with E-state index in [1.165, 1.54) is 0 Å². The van der Waals surface area contributed by atoms with Crippen LogP contribution < -0.4 is 4.18 Å². The molecule has 4 heteroatoms. The molecule has 0 aromatic heterocycles. The summed E-state index contributed by atoms with van der Waals surface area (Å²) in [5.41, 5.74) is 1.15. The molecule has 0 N–H and O–H groups in total. The molecule has 72 valence electrons. The highest BCUT2D eigenvalue weighted by Crippen LogP contribution is 2.13. The predicted octanol–water partition coefficient (Wildman–Crippen LogP) is 1.59. The van der Waals surface area contributed by atoms with Gasteiger partial charge in [0.25, 0.3) is 0 Å². The molecule has 0 aliphatic rings. The third kappa shape index (κ3) is 3.46. The summed E-state index contributed by atoms with van der Waals surface area (Å²) in [4.78, 5) is 0. The zero-order chi connectivity index (χ0) is 9.90. The number of rotatable bonds is 3. The summed E-state index contributed by atoms with van der Waals surface area (Å²) in [6.45, 7) is 2.03. The summed E-state index contributed by atoms with van der Waals surface area (Å²) in [6.07, 6.45) is 1.96. The van der Waals surface area contributed by atoms with E-state index in [4.69, 9.17) is 0 Å². The van der Waals surface area contributed by atoms with E-state index < -0.39 is 10.1 Å². The second-order valence-electron chi connectivity index (χ2n) is 2.78. The average molecular weight is 200 g/mol. The van der Waals surface area contributed by atoms with Crippen molar-refractivity contribution in [3.05, 3.63) is 29.8 Å². The summed E-state index contributed by atoms with van der Waals surface area (Å²) in [7, 11) is -3.40. The molecular weight excluding hydrogens is 188 g/mol. The molecule has 0 amide bonds. The molecule has 0 radical (unpaired) electrons. The van der Waals surface area contributed by atoms with Gasteiger partial charge in [-0.05, 0) is 24.1 Å². The van der Waals surface area contributed by atoms with Crippen molar-refractivity contribution in [1.82, 2.24) is 0 Å². The Morgan fingerprint density at radius 3 is 2.15 bits per heavy atom. The zero-order valence-electron chi connectivity index (χ0n) is 7.65. The molecule has 13 heavy (non-hydrogen) atoms. The Bertz CT molecular complexity index is 364. The van der Waals surface area contributed by atoms with Crippen molar-refractivity contribution >= 4 is 10.1 Å². The Hall–Kier alpha value is -1.03. The minimum atomic E-state index is -3.40. The minimum absolute atomic E-state index is 0.361. The Labute approximate surface area is 78.5 Å². The Balaban J connectivity index is 2.81. The SMILES string of the molecule is CCc1ccc(OS(C)(=O)=O)cc1. The fourth-order valence-electron chi connectivity index (χ4n) is 0.956. The molecule has 0 atom stereocenters. The van der Waals surface area contributed by atoms with Crippen molar-refractivity contribution in [2.24, 2.45) is 0 Å². The molecule has 3 nitrogen and oxygen atoms in total. The maximum Gasteiger partial charge on any atom is 0.306 e. The van der Waals surface area contributed by atoms with Crippen LogP contribution in [0.3, 0.4) is 0 Å². The van der Waals surface area contributed by atoms with Gasteiger partial charge in [0.1, 0.15) is 5.75 Å². The van der Waals surface area contributed by atoms with Crippen LogP contribution in [-0.2, 0) is 16.5 Å². The average Bonchev–Trinajstić information content (AvgIpc) is 2.03. The van der Waals surface area contributed by atoms with Gasteiger partial charge in [-0.25, -0.2) is 0 Å². The van der Waals surface area contributed by atoms with E-state index in [9.17, 15) is 8.42 Å². The molecule has 1 aromatic rings. The zero-order valence-corrected chi connectivity index (χ0v) is 8.47. The summed E-state index contributed by atoms with van der Waals surface area (Å²) in [6, 6.07) is 7.00. The van der Waals surface area contributed by atoms with Crippen molar-refractivity contribution in [2.45, 2.75) is 13.3 Å². The van der Waals surface area contributed by atoms with Crippen molar-refractivity contribution in [3.63, 3.8) is 0 Å². The lowest BCUT2D eigenvalue weighted by atomic mass is 10.2. The first-order valence-electron chi connectivity index (χ1n) is 3.99. The molecule has 0 spiro atoms. The van der Waals surface area contributed by atoms with Crippen LogP contribution in [-0.4, -0.2) is 14.7 Å². The first-order chi connectivity index (χ1) is 6.01. The second kappa shape index (κ2) is 3.79. The lowest BCUT2D eigenvalue weighted by molar-refractivity contribution is 0.493. The fourth-order valence-corrected chi connectivity index (χ4v) is 1.42. The molecule has 0 saturated heterocycles. The number of hydrogen-bond donors (Lipinski definition) is 0. The van der Waals surface area contributed by atoms with Gasteiger partial charge in [0.15, 0.2) is 0 Å². The highest BCUT2D eigenvalue weighted by Gasteiger charge is 2.02. The number of aryl methyl sites for hydroxylation is 1. The van der Waals surface area contributed by atoms with Gasteiger partial charge in [0.05, 0.1) is 6.26 Å². The van der Waals surface area contributed by atoms with Crippen LogP contribution in [0.4, 0.5) is 0 Å². The number of benzene rings is 1. The van der Waals surface area contributed by atoms with E-state index in [-0.39, 0.29) is 0 Å². The topological polar surface area (TPSA) is 43.4 Å². The quantitative estimate of drug-likeness (QED) is 0.696. The maximum absolute atomic E-state index is 10.7. The Morgan fingerprint density at radius 2 is 1.77 bits per heavy atom.